The molecule has 0 bridgehead atoms. The van der Waals surface area contributed by atoms with Crippen LogP contribution in [0, 0.1) is 0 Å². The van der Waals surface area contributed by atoms with Gasteiger partial charge in [0.05, 0.1) is 0 Å². The second kappa shape index (κ2) is 23.2. The molecule has 0 aliphatic rings. The second-order valence-corrected chi connectivity index (χ2v) is 0. The van der Waals surface area contributed by atoms with Crippen LogP contribution in [0.25, 0.3) is 0 Å². The van der Waals surface area contributed by atoms with Crippen molar-refractivity contribution in [2.24, 2.45) is 0 Å². The summed E-state index contributed by atoms with van der Waals surface area (Å²) in [7, 11) is 0. The standard InChI is InChI=1S/B.2Hf.O. The molecule has 0 fully saturated rings. The first-order valence-corrected chi connectivity index (χ1v) is 4.03. The molecule has 0 amide bonds. The van der Waals surface area contributed by atoms with E-state index in [1.165, 1.54) is 0 Å². The van der Waals surface area contributed by atoms with E-state index in [4.69, 9.17) is 2.85 Å². The van der Waals surface area contributed by atoms with Crippen molar-refractivity contribution in [3.8, 4) is 0 Å². The zero-order valence-electron chi connectivity index (χ0n) is 1.99. The fraction of sp³-hybridized carbons (Fsp3) is 0. The van der Waals surface area contributed by atoms with Crippen LogP contribution in [0.2, 0.25) is 0 Å². The van der Waals surface area contributed by atoms with Crippen molar-refractivity contribution in [3.05, 3.63) is 0 Å². The fourth-order valence-corrected chi connectivity index (χ4v) is 0. The molecule has 0 atom stereocenters. The molecule has 0 aliphatic carbocycles. The summed E-state index contributed by atoms with van der Waals surface area (Å²) in [5.74, 6) is 0. The van der Waals surface area contributed by atoms with Crippen LogP contribution in [-0.4, -0.2) is 4.78 Å². The van der Waals surface area contributed by atoms with E-state index in [1.807, 2.05) is 0 Å². The molecule has 4 heteroatoms. The second-order valence-electron chi connectivity index (χ2n) is 0. The van der Waals surface area contributed by atoms with Crippen molar-refractivity contribution in [3.63, 3.8) is 0 Å². The summed E-state index contributed by atoms with van der Waals surface area (Å²) in [6.45, 7) is 0. The summed E-state index contributed by atoms with van der Waals surface area (Å²) in [6.07, 6.45) is 0. The van der Waals surface area contributed by atoms with Crippen molar-refractivity contribution in [1.29, 1.82) is 0 Å². The van der Waals surface area contributed by atoms with Crippen LogP contribution in [0.5, 0.6) is 0 Å². The first-order valence-electron chi connectivity index (χ1n) is 0.493. The molecular formula is BHf2O. The molecule has 0 aromatic rings. The summed E-state index contributed by atoms with van der Waals surface area (Å²) >= 11 is 0.861. The summed E-state index contributed by atoms with van der Waals surface area (Å²) in [5.41, 5.74) is 0. The summed E-state index contributed by atoms with van der Waals surface area (Å²) in [4.78, 5) is 0. The van der Waals surface area contributed by atoms with Gasteiger partial charge in [0, 0.05) is 0 Å². The van der Waals surface area contributed by atoms with E-state index in [2.05, 4.69) is 4.78 Å². The van der Waals surface area contributed by atoms with Crippen LogP contribution in [0.3, 0.4) is 0 Å². The SMILES string of the molecule is [B]#[Hf].[O]=[Hf]. The predicted molar refractivity (Wildman–Crippen MR) is 6.44 cm³/mol. The number of rotatable bonds is 0. The Morgan fingerprint density at radius 3 is 1.25 bits per heavy atom. The van der Waals surface area contributed by atoms with Gasteiger partial charge < -0.3 is 0 Å². The van der Waals surface area contributed by atoms with Crippen molar-refractivity contribution >= 4 is 4.78 Å². The molecule has 0 spiro atoms. The van der Waals surface area contributed by atoms with Gasteiger partial charge in [0.25, 0.3) is 0 Å². The van der Waals surface area contributed by atoms with Crippen LogP contribution in [0.15, 0.2) is 0 Å². The summed E-state index contributed by atoms with van der Waals surface area (Å²) in [5, 5.41) is 0. The molecule has 0 rings (SSSR count). The number of hydrogen-bond donors (Lipinski definition) is 0. The molecule has 4 heavy (non-hydrogen) atoms. The number of hydrogen-bond acceptors (Lipinski definition) is 1. The van der Waals surface area contributed by atoms with Gasteiger partial charge in [0.15, 0.2) is 0 Å². The van der Waals surface area contributed by atoms with Gasteiger partial charge >= 0.3 is 55.4 Å². The van der Waals surface area contributed by atoms with Crippen LogP contribution >= 0.6 is 0 Å². The molecule has 0 N–H and O–H groups in total. The third-order valence-corrected chi connectivity index (χ3v) is 0. The third-order valence-electron chi connectivity index (χ3n) is 0. The van der Waals surface area contributed by atoms with E-state index < -0.39 is 0 Å². The molecule has 0 saturated heterocycles. The molecule has 0 radical (unpaired) electrons. The van der Waals surface area contributed by atoms with Crippen LogP contribution in [0.1, 0.15) is 0 Å². The van der Waals surface area contributed by atoms with Gasteiger partial charge in [-0.1, -0.05) is 0 Å². The minimum atomic E-state index is 0.0556. The van der Waals surface area contributed by atoms with Crippen LogP contribution in [0.4, 0.5) is 0 Å². The molecule has 0 unspecified atom stereocenters. The average Bonchev–Trinajstić information content (AvgIpc) is 1.50. The zero-order valence-corrected chi connectivity index (χ0v) is 9.17. The Hall–Kier alpha value is 1.61. The molecule has 0 aliphatic heterocycles. The van der Waals surface area contributed by atoms with Gasteiger partial charge in [0.2, 0.25) is 0 Å². The normalized spacial score (nSPS) is 2.75. The molecule has 0 aromatic heterocycles. The minimum absolute atomic E-state index is 0.0556. The van der Waals surface area contributed by atoms with Crippen molar-refractivity contribution < 1.29 is 50.7 Å². The Balaban J connectivity index is 0. The maximum atomic E-state index is 8.39. The Labute approximate surface area is 54.8 Å². The van der Waals surface area contributed by atoms with E-state index >= 15 is 0 Å². The molecule has 0 saturated carbocycles. The van der Waals surface area contributed by atoms with E-state index in [-0.39, 0.29) is 24.4 Å². The summed E-state index contributed by atoms with van der Waals surface area (Å²) < 4.78 is 13.0. The quantitative estimate of drug-likeness (QED) is 0.515. The van der Waals surface area contributed by atoms with Crippen molar-refractivity contribution in [2.75, 3.05) is 0 Å². The van der Waals surface area contributed by atoms with E-state index in [1.54, 1.807) is 0 Å². The van der Waals surface area contributed by atoms with Gasteiger partial charge in [0.1, 0.15) is 0 Å². The van der Waals surface area contributed by atoms with Gasteiger partial charge in [-0.15, -0.1) is 0 Å². The van der Waals surface area contributed by atoms with Crippen molar-refractivity contribution in [2.45, 2.75) is 0 Å². The van der Waals surface area contributed by atoms with Crippen LogP contribution < -0.4 is 0 Å². The van der Waals surface area contributed by atoms with E-state index in [9.17, 15) is 0 Å². The topological polar surface area (TPSA) is 17.1 Å². The fourth-order valence-electron chi connectivity index (χ4n) is 0. The maximum absolute atomic E-state index is 8.39. The van der Waals surface area contributed by atoms with Gasteiger partial charge in [-0.05, 0) is 0 Å². The first kappa shape index (κ1) is 9.15. The van der Waals surface area contributed by atoms with Crippen molar-refractivity contribution in [1.82, 2.24) is 0 Å². The molecule has 0 heterocycles. The third kappa shape index (κ3) is 9.50. The molecule has 1 nitrogen and oxygen atoms in total. The molecule has 17 valence electrons. The summed E-state index contributed by atoms with van der Waals surface area (Å²) in [6, 6.07) is 0. The Morgan fingerprint density at radius 2 is 1.25 bits per heavy atom. The Bertz CT molecular complexity index is 17.2. The first-order chi connectivity index (χ1) is 2.00. The van der Waals surface area contributed by atoms with Gasteiger partial charge in [-0.2, -0.15) is 0 Å². The van der Waals surface area contributed by atoms with Gasteiger partial charge in [-0.25, -0.2) is 0 Å². The Kier molecular flexibility index (Phi) is 53.1. The average molecular weight is 384 g/mol. The molecular weight excluding hydrogens is 384 g/mol. The Morgan fingerprint density at radius 1 is 1.25 bits per heavy atom. The van der Waals surface area contributed by atoms with E-state index in [0.29, 0.717) is 0 Å². The van der Waals surface area contributed by atoms with Crippen LogP contribution in [-0.2, 0) is 50.7 Å². The predicted octanol–water partition coefficient (Wildman–Crippen LogP) is -0.505. The van der Waals surface area contributed by atoms with E-state index in [0.717, 1.165) is 23.4 Å². The monoisotopic (exact) mass is 387 g/mol. The molecule has 0 aromatic carbocycles. The zero-order chi connectivity index (χ0) is 4.00. The van der Waals surface area contributed by atoms with Gasteiger partial charge in [-0.3, -0.25) is 0 Å².